The van der Waals surface area contributed by atoms with E-state index in [1.165, 1.54) is 6.33 Å². The zero-order chi connectivity index (χ0) is 11.8. The molecule has 2 aromatic rings. The van der Waals surface area contributed by atoms with Crippen molar-refractivity contribution in [2.45, 2.75) is 13.0 Å². The number of rotatable bonds is 0. The number of H-pyrrole nitrogens is 1. The Hall–Kier alpha value is -1.84. The molecule has 0 aliphatic carbocycles. The fourth-order valence-electron chi connectivity index (χ4n) is 2.36. The molecule has 0 saturated carbocycles. The summed E-state index contributed by atoms with van der Waals surface area (Å²) in [7, 11) is 0. The van der Waals surface area contributed by atoms with Crippen molar-refractivity contribution in [3.8, 4) is 0 Å². The summed E-state index contributed by atoms with van der Waals surface area (Å²) in [6.45, 7) is 9.61. The first kappa shape index (κ1) is 12.6. The summed E-state index contributed by atoms with van der Waals surface area (Å²) in [5.41, 5.74) is 2.32. The minimum atomic E-state index is -0.173. The lowest BCUT2D eigenvalue weighted by molar-refractivity contribution is 0.656. The number of aromatic amines is 1. The fraction of sp³-hybridized carbons (Fsp3) is 0.364. The van der Waals surface area contributed by atoms with E-state index in [0.717, 1.165) is 25.2 Å². The molecule has 0 spiro atoms. The van der Waals surface area contributed by atoms with E-state index >= 15 is 0 Å². The van der Waals surface area contributed by atoms with Crippen LogP contribution < -0.4 is 10.9 Å². The summed E-state index contributed by atoms with van der Waals surface area (Å²) >= 11 is 0. The molecule has 3 rings (SSSR count). The Labute approximate surface area is 109 Å². The Balaban J connectivity index is 0.00000120. The largest absolute Gasteiger partial charge is 0.348 e. The first-order valence-corrected chi connectivity index (χ1v) is 5.50. The highest BCUT2D eigenvalue weighted by Crippen LogP contribution is 2.30. The van der Waals surface area contributed by atoms with Crippen molar-refractivity contribution in [2.24, 2.45) is 0 Å². The number of nitrogens with one attached hydrogen (secondary N) is 2. The van der Waals surface area contributed by atoms with Gasteiger partial charge in [0.1, 0.15) is 11.0 Å². The molecule has 0 amide bonds. The van der Waals surface area contributed by atoms with Gasteiger partial charge in [0.05, 0.1) is 12.9 Å². The number of aromatic nitrogens is 3. The predicted molar refractivity (Wildman–Crippen MR) is 70.4 cm³/mol. The maximum atomic E-state index is 11.9. The van der Waals surface area contributed by atoms with Gasteiger partial charge in [-0.15, -0.1) is 12.4 Å². The third-order valence-corrected chi connectivity index (χ3v) is 3.08. The monoisotopic (exact) mass is 265 g/mol. The van der Waals surface area contributed by atoms with Crippen LogP contribution in [0.2, 0.25) is 0 Å². The molecule has 0 fully saturated rings. The van der Waals surface area contributed by atoms with Crippen molar-refractivity contribution in [3.63, 3.8) is 0 Å². The number of nitrogens with zero attached hydrogens (tertiary/aromatic N) is 3. The van der Waals surface area contributed by atoms with Crippen LogP contribution in [0.1, 0.15) is 5.69 Å². The standard InChI is InChI=1S/C11H11N5O.ClH/c1-12-8-7-2-3-13-4-5-16(7)10-9(8)14-6-15-11(10)17;/h6,13H,2-5H2,(H,14,15,17);1H. The van der Waals surface area contributed by atoms with E-state index in [2.05, 4.69) is 20.1 Å². The number of hydrogen-bond donors (Lipinski definition) is 2. The molecule has 1 aliphatic heterocycles. The molecule has 2 N–H and O–H groups in total. The molecule has 94 valence electrons. The Morgan fingerprint density at radius 2 is 2.28 bits per heavy atom. The van der Waals surface area contributed by atoms with Gasteiger partial charge in [0.25, 0.3) is 5.56 Å². The first-order chi connectivity index (χ1) is 8.33. The van der Waals surface area contributed by atoms with Crippen LogP contribution in [0.4, 0.5) is 5.69 Å². The Bertz CT molecular complexity index is 681. The molecule has 7 heteroatoms. The molecule has 0 bridgehead atoms. The molecule has 0 unspecified atom stereocenters. The van der Waals surface area contributed by atoms with Gasteiger partial charge in [-0.25, -0.2) is 9.83 Å². The van der Waals surface area contributed by atoms with Gasteiger partial charge in [-0.2, -0.15) is 0 Å². The van der Waals surface area contributed by atoms with Gasteiger partial charge >= 0.3 is 0 Å². The van der Waals surface area contributed by atoms with Crippen molar-refractivity contribution in [1.29, 1.82) is 0 Å². The van der Waals surface area contributed by atoms with Crippen molar-refractivity contribution in [1.82, 2.24) is 19.9 Å². The lowest BCUT2D eigenvalue weighted by Gasteiger charge is -2.04. The molecule has 0 aromatic carbocycles. The average Bonchev–Trinajstić information content (AvgIpc) is 2.49. The van der Waals surface area contributed by atoms with Crippen molar-refractivity contribution in [3.05, 3.63) is 33.8 Å². The van der Waals surface area contributed by atoms with Crippen molar-refractivity contribution in [2.75, 3.05) is 13.1 Å². The van der Waals surface area contributed by atoms with E-state index in [9.17, 15) is 4.79 Å². The minimum Gasteiger partial charge on any atom is -0.348 e. The van der Waals surface area contributed by atoms with Gasteiger partial charge in [-0.3, -0.25) is 4.79 Å². The SMILES string of the molecule is Cl.[C-]#[N+]c1c2n(c3c(=O)[nH]cnc13)CCNCC2. The van der Waals surface area contributed by atoms with Crippen LogP contribution in [0.5, 0.6) is 0 Å². The maximum absolute atomic E-state index is 11.9. The molecule has 18 heavy (non-hydrogen) atoms. The zero-order valence-corrected chi connectivity index (χ0v) is 10.4. The second-order valence-corrected chi connectivity index (χ2v) is 3.99. The number of hydrogen-bond acceptors (Lipinski definition) is 3. The molecular weight excluding hydrogens is 254 g/mol. The van der Waals surface area contributed by atoms with Gasteiger partial charge in [-0.05, 0) is 13.0 Å². The highest BCUT2D eigenvalue weighted by molar-refractivity contribution is 5.91. The van der Waals surface area contributed by atoms with Crippen LogP contribution in [0.3, 0.4) is 0 Å². The summed E-state index contributed by atoms with van der Waals surface area (Å²) < 4.78 is 1.93. The zero-order valence-electron chi connectivity index (χ0n) is 9.56. The van der Waals surface area contributed by atoms with Crippen molar-refractivity contribution >= 4 is 29.1 Å². The summed E-state index contributed by atoms with van der Waals surface area (Å²) in [4.78, 5) is 22.1. The van der Waals surface area contributed by atoms with Crippen molar-refractivity contribution < 1.29 is 0 Å². The fourth-order valence-corrected chi connectivity index (χ4v) is 2.36. The molecular formula is C11H12ClN5O. The summed E-state index contributed by atoms with van der Waals surface area (Å²) in [5.74, 6) is 0. The molecule has 6 nitrogen and oxygen atoms in total. The second kappa shape index (κ2) is 4.80. The van der Waals surface area contributed by atoms with E-state index < -0.39 is 0 Å². The second-order valence-electron chi connectivity index (χ2n) is 3.99. The summed E-state index contributed by atoms with van der Waals surface area (Å²) in [6, 6.07) is 0. The van der Waals surface area contributed by atoms with Crippen LogP contribution in [0.15, 0.2) is 11.1 Å². The quantitative estimate of drug-likeness (QED) is 0.694. The van der Waals surface area contributed by atoms with Crippen LogP contribution >= 0.6 is 12.4 Å². The highest BCUT2D eigenvalue weighted by Gasteiger charge is 2.21. The normalized spacial score (nSPS) is 14.4. The lowest BCUT2D eigenvalue weighted by atomic mass is 10.2. The van der Waals surface area contributed by atoms with Gasteiger partial charge in [0.2, 0.25) is 5.69 Å². The number of halogens is 1. The van der Waals surface area contributed by atoms with E-state index in [4.69, 9.17) is 6.57 Å². The maximum Gasteiger partial charge on any atom is 0.273 e. The van der Waals surface area contributed by atoms with Gasteiger partial charge in [0.15, 0.2) is 0 Å². The van der Waals surface area contributed by atoms with E-state index in [0.29, 0.717) is 23.3 Å². The van der Waals surface area contributed by atoms with E-state index in [1.807, 2.05) is 4.57 Å². The van der Waals surface area contributed by atoms with Gasteiger partial charge in [0, 0.05) is 18.8 Å². The average molecular weight is 266 g/mol. The third kappa shape index (κ3) is 1.68. The topological polar surface area (TPSA) is 67.1 Å². The minimum absolute atomic E-state index is 0. The van der Waals surface area contributed by atoms with Crippen LogP contribution in [0, 0.1) is 6.57 Å². The van der Waals surface area contributed by atoms with E-state index in [-0.39, 0.29) is 18.0 Å². The smallest absolute Gasteiger partial charge is 0.273 e. The molecule has 0 radical (unpaired) electrons. The first-order valence-electron chi connectivity index (χ1n) is 5.50. The molecule has 2 aromatic heterocycles. The van der Waals surface area contributed by atoms with Gasteiger partial charge < -0.3 is 14.9 Å². The lowest BCUT2D eigenvalue weighted by Crippen LogP contribution is -2.18. The molecule has 0 saturated heterocycles. The van der Waals surface area contributed by atoms with E-state index in [1.54, 1.807) is 0 Å². The third-order valence-electron chi connectivity index (χ3n) is 3.08. The molecule has 1 aliphatic rings. The van der Waals surface area contributed by atoms with Crippen LogP contribution in [-0.2, 0) is 13.0 Å². The highest BCUT2D eigenvalue weighted by atomic mass is 35.5. The van der Waals surface area contributed by atoms with Gasteiger partial charge in [-0.1, -0.05) is 0 Å². The molecule has 0 atom stereocenters. The van der Waals surface area contributed by atoms with Crippen LogP contribution in [0.25, 0.3) is 15.9 Å². The van der Waals surface area contributed by atoms with Crippen LogP contribution in [-0.4, -0.2) is 27.6 Å². The molecule has 3 heterocycles. The predicted octanol–water partition coefficient (Wildman–Crippen LogP) is 0.843. The number of fused-ring (bicyclic) bond motifs is 3. The Morgan fingerprint density at radius 3 is 3.06 bits per heavy atom. The summed E-state index contributed by atoms with van der Waals surface area (Å²) in [5, 5.41) is 3.26. The Morgan fingerprint density at radius 1 is 1.44 bits per heavy atom. The summed E-state index contributed by atoms with van der Waals surface area (Å²) in [6.07, 6.45) is 2.12. The Kier molecular flexibility index (Phi) is 3.36.